The number of carbonyl (C=O) groups excluding carboxylic acids is 1. The van der Waals surface area contributed by atoms with Crippen molar-refractivity contribution in [1.29, 1.82) is 0 Å². The molecule has 0 atom stereocenters. The van der Waals surface area contributed by atoms with Crippen LogP contribution in [-0.2, 0) is 15.7 Å². The highest BCUT2D eigenvalue weighted by Crippen LogP contribution is 2.25. The first kappa shape index (κ1) is 14.6. The van der Waals surface area contributed by atoms with Crippen LogP contribution in [-0.4, -0.2) is 28.7 Å². The van der Waals surface area contributed by atoms with Gasteiger partial charge in [-0.25, -0.2) is 10.4 Å². The Balaban J connectivity index is 2.22. The molecule has 1 aliphatic carbocycles. The summed E-state index contributed by atoms with van der Waals surface area (Å²) < 4.78 is 43.8. The van der Waals surface area contributed by atoms with E-state index in [4.69, 9.17) is 4.74 Å². The van der Waals surface area contributed by atoms with Crippen LogP contribution in [0.4, 0.5) is 13.2 Å². The van der Waals surface area contributed by atoms with Gasteiger partial charge >= 0.3 is 6.18 Å². The van der Waals surface area contributed by atoms with E-state index in [0.29, 0.717) is 36.3 Å². The summed E-state index contributed by atoms with van der Waals surface area (Å²) in [6.07, 6.45) is -3.01. The molecule has 0 saturated heterocycles. The third-order valence-electron chi connectivity index (χ3n) is 3.64. The number of rotatable bonds is 2. The molecule has 6 nitrogen and oxygen atoms in total. The number of imidazole rings is 1. The van der Waals surface area contributed by atoms with Crippen LogP contribution >= 0.6 is 0 Å². The first-order chi connectivity index (χ1) is 10.4. The number of amides is 1. The standard InChI is InChI=1S/C13H13F3N4O2/c1-22-8-4-2-6(7-3-5-9(21)20-19-7)10-11(8)18-12(17-10)13(14,15)16/h2-5H2,1H3,(H,17,18)(H,20,21). The summed E-state index contributed by atoms with van der Waals surface area (Å²) in [6.45, 7) is 0. The van der Waals surface area contributed by atoms with E-state index in [9.17, 15) is 18.0 Å². The summed E-state index contributed by atoms with van der Waals surface area (Å²) in [5, 5.41) is 4.38. The fourth-order valence-electron chi connectivity index (χ4n) is 2.59. The summed E-state index contributed by atoms with van der Waals surface area (Å²) in [4.78, 5) is 17.1. The lowest BCUT2D eigenvalue weighted by molar-refractivity contribution is -0.144. The lowest BCUT2D eigenvalue weighted by atomic mass is 9.96. The molecule has 0 fully saturated rings. The maximum Gasteiger partial charge on any atom is 0.449 e. The van der Waals surface area contributed by atoms with E-state index in [0.717, 1.165) is 0 Å². The van der Waals surface area contributed by atoms with Crippen LogP contribution in [0.5, 0.6) is 0 Å². The molecule has 0 bridgehead atoms. The van der Waals surface area contributed by atoms with E-state index in [1.54, 1.807) is 0 Å². The molecule has 0 spiro atoms. The van der Waals surface area contributed by atoms with Gasteiger partial charge in [-0.1, -0.05) is 0 Å². The van der Waals surface area contributed by atoms with Gasteiger partial charge in [0.05, 0.1) is 18.2 Å². The van der Waals surface area contributed by atoms with Crippen molar-refractivity contribution >= 4 is 23.0 Å². The summed E-state index contributed by atoms with van der Waals surface area (Å²) in [5.41, 5.74) is 3.53. The fourth-order valence-corrected chi connectivity index (χ4v) is 2.59. The number of fused-ring (bicyclic) bond motifs is 1. The minimum atomic E-state index is -4.57. The Hall–Kier alpha value is -2.32. The van der Waals surface area contributed by atoms with Crippen molar-refractivity contribution in [3.8, 4) is 0 Å². The van der Waals surface area contributed by atoms with Crippen molar-refractivity contribution in [3.63, 3.8) is 0 Å². The number of H-pyrrole nitrogens is 1. The third kappa shape index (κ3) is 2.46. The van der Waals surface area contributed by atoms with Crippen molar-refractivity contribution in [1.82, 2.24) is 15.4 Å². The molecule has 0 aromatic carbocycles. The summed E-state index contributed by atoms with van der Waals surface area (Å²) in [5.74, 6) is -0.836. The predicted octanol–water partition coefficient (Wildman–Crippen LogP) is 0.394. The second kappa shape index (κ2) is 5.15. The van der Waals surface area contributed by atoms with Crippen molar-refractivity contribution in [3.05, 3.63) is 16.5 Å². The Morgan fingerprint density at radius 2 is 1.95 bits per heavy atom. The van der Waals surface area contributed by atoms with Gasteiger partial charge in [-0.15, -0.1) is 0 Å². The summed E-state index contributed by atoms with van der Waals surface area (Å²) in [7, 11) is 1.41. The Labute approximate surface area is 122 Å². The molecule has 1 aliphatic heterocycles. The number of carbonyl (C=O) groups is 1. The van der Waals surface area contributed by atoms with Gasteiger partial charge in [0.25, 0.3) is 0 Å². The van der Waals surface area contributed by atoms with Gasteiger partial charge in [-0.05, 0) is 6.42 Å². The molecule has 9 heteroatoms. The maximum atomic E-state index is 12.9. The molecule has 2 N–H and O–H groups in total. The predicted molar refractivity (Wildman–Crippen MR) is 70.7 cm³/mol. The Bertz CT molecular complexity index is 776. The van der Waals surface area contributed by atoms with Gasteiger partial charge in [0.1, 0.15) is 11.1 Å². The molecular weight excluding hydrogens is 301 g/mol. The van der Waals surface area contributed by atoms with Crippen LogP contribution in [0.25, 0.3) is 11.3 Å². The van der Waals surface area contributed by atoms with Crippen LogP contribution in [0.3, 0.4) is 0 Å². The van der Waals surface area contributed by atoms with Crippen LogP contribution in [0.2, 0.25) is 0 Å². The highest BCUT2D eigenvalue weighted by Gasteiger charge is 2.35. The molecular formula is C13H13F3N4O2. The minimum absolute atomic E-state index is 0.199. The quantitative estimate of drug-likeness (QED) is 0.829. The van der Waals surface area contributed by atoms with Crippen molar-refractivity contribution in [2.24, 2.45) is 5.10 Å². The van der Waals surface area contributed by atoms with Crippen LogP contribution < -0.4 is 16.1 Å². The number of hydrogen-bond acceptors (Lipinski definition) is 4. The second-order valence-corrected chi connectivity index (χ2v) is 5.01. The van der Waals surface area contributed by atoms with Gasteiger partial charge in [0.15, 0.2) is 0 Å². The lowest BCUT2D eigenvalue weighted by Gasteiger charge is -2.17. The van der Waals surface area contributed by atoms with Crippen molar-refractivity contribution in [2.75, 3.05) is 7.11 Å². The molecule has 1 aromatic rings. The number of nitrogens with one attached hydrogen (secondary N) is 2. The van der Waals surface area contributed by atoms with E-state index in [1.807, 2.05) is 0 Å². The zero-order valence-electron chi connectivity index (χ0n) is 11.7. The number of ether oxygens (including phenoxy) is 1. The molecule has 0 radical (unpaired) electrons. The number of hydrazone groups is 1. The molecule has 0 saturated carbocycles. The SMILES string of the molecule is COC1=c2[nH]c(C(F)(F)F)nc2=C(C2=NNC(=O)CC2)CC1. The maximum absolute atomic E-state index is 12.9. The van der Waals surface area contributed by atoms with E-state index >= 15 is 0 Å². The van der Waals surface area contributed by atoms with E-state index in [2.05, 4.69) is 20.5 Å². The third-order valence-corrected chi connectivity index (χ3v) is 3.64. The number of methoxy groups -OCH3 is 1. The van der Waals surface area contributed by atoms with E-state index in [-0.39, 0.29) is 23.0 Å². The number of alkyl halides is 3. The number of halogens is 3. The van der Waals surface area contributed by atoms with Gasteiger partial charge in [-0.3, -0.25) is 4.79 Å². The van der Waals surface area contributed by atoms with Gasteiger partial charge in [0.2, 0.25) is 11.7 Å². The molecule has 22 heavy (non-hydrogen) atoms. The molecule has 1 amide bonds. The first-order valence-electron chi connectivity index (χ1n) is 6.69. The Morgan fingerprint density at radius 3 is 2.55 bits per heavy atom. The highest BCUT2D eigenvalue weighted by atomic mass is 19.4. The number of nitrogens with zero attached hydrogens (tertiary/aromatic N) is 2. The molecule has 2 heterocycles. The molecule has 3 rings (SSSR count). The summed E-state index contributed by atoms with van der Waals surface area (Å²) >= 11 is 0. The molecule has 2 aliphatic rings. The first-order valence-corrected chi connectivity index (χ1v) is 6.69. The van der Waals surface area contributed by atoms with E-state index < -0.39 is 12.0 Å². The summed E-state index contributed by atoms with van der Waals surface area (Å²) in [6, 6.07) is 0. The van der Waals surface area contributed by atoms with E-state index in [1.165, 1.54) is 7.11 Å². The average Bonchev–Trinajstić information content (AvgIpc) is 2.92. The van der Waals surface area contributed by atoms with Crippen LogP contribution in [0.15, 0.2) is 5.10 Å². The van der Waals surface area contributed by atoms with Gasteiger partial charge in [-0.2, -0.15) is 18.3 Å². The zero-order chi connectivity index (χ0) is 15.9. The zero-order valence-corrected chi connectivity index (χ0v) is 11.7. The second-order valence-electron chi connectivity index (χ2n) is 5.01. The molecule has 118 valence electrons. The molecule has 1 aromatic heterocycles. The number of hydrogen-bond donors (Lipinski definition) is 2. The fraction of sp³-hybridized carbons (Fsp3) is 0.462. The van der Waals surface area contributed by atoms with Crippen LogP contribution in [0.1, 0.15) is 31.5 Å². The van der Waals surface area contributed by atoms with Crippen molar-refractivity contribution in [2.45, 2.75) is 31.9 Å². The normalized spacial score (nSPS) is 18.7. The monoisotopic (exact) mass is 314 g/mol. The van der Waals surface area contributed by atoms with Crippen LogP contribution in [0, 0.1) is 0 Å². The van der Waals surface area contributed by atoms with Gasteiger partial charge < -0.3 is 9.72 Å². The largest absolute Gasteiger partial charge is 0.499 e. The number of aromatic amines is 1. The lowest BCUT2D eigenvalue weighted by Crippen LogP contribution is -2.37. The minimum Gasteiger partial charge on any atom is -0.499 e. The smallest absolute Gasteiger partial charge is 0.449 e. The average molecular weight is 314 g/mol. The molecule has 0 unspecified atom stereocenters. The Morgan fingerprint density at radius 1 is 1.18 bits per heavy atom. The highest BCUT2D eigenvalue weighted by molar-refractivity contribution is 6.20. The van der Waals surface area contributed by atoms with Crippen molar-refractivity contribution < 1.29 is 22.7 Å². The number of aromatic nitrogens is 2. The topological polar surface area (TPSA) is 79.4 Å². The Kier molecular flexibility index (Phi) is 3.42. The van der Waals surface area contributed by atoms with Gasteiger partial charge in [0, 0.05) is 24.8 Å².